The van der Waals surface area contributed by atoms with Crippen molar-refractivity contribution >= 4 is 0 Å². The van der Waals surface area contributed by atoms with Crippen molar-refractivity contribution in [3.05, 3.63) is 54.1 Å². The third-order valence-corrected chi connectivity index (χ3v) is 0.556. The molecule has 0 bridgehead atoms. The first-order valence-corrected chi connectivity index (χ1v) is 2.26. The van der Waals surface area contributed by atoms with Crippen LogP contribution in [-0.2, 0) is 26.7 Å². The minimum Gasteiger partial charge on any atom is -0.577 e. The molecule has 0 saturated carbocycles. The van der Waals surface area contributed by atoms with Crippen molar-refractivity contribution in [2.75, 3.05) is 0 Å². The van der Waals surface area contributed by atoms with Crippen molar-refractivity contribution in [2.45, 2.75) is 0 Å². The van der Waals surface area contributed by atoms with Gasteiger partial charge in [0.25, 0.3) is 0 Å². The van der Waals surface area contributed by atoms with Crippen molar-refractivity contribution < 1.29 is 26.7 Å². The summed E-state index contributed by atoms with van der Waals surface area (Å²) in [5.41, 5.74) is 5.75. The molecule has 5 heteroatoms. The third kappa shape index (κ3) is 36.2. The van der Waals surface area contributed by atoms with Gasteiger partial charge in [-0.2, -0.15) is 18.2 Å². The van der Waals surface area contributed by atoms with E-state index in [-0.39, 0.29) is 17.4 Å². The summed E-state index contributed by atoms with van der Waals surface area (Å²) in [6.07, 6.45) is 0. The summed E-state index contributed by atoms with van der Waals surface area (Å²) in [6.45, 7) is 9.00. The van der Waals surface area contributed by atoms with Crippen LogP contribution in [0.15, 0.2) is 30.3 Å². The monoisotopic (exact) mass is 203 g/mol. The van der Waals surface area contributed by atoms with Crippen molar-refractivity contribution in [1.29, 1.82) is 0 Å². The molecule has 4 nitrogen and oxygen atoms in total. The molecule has 0 amide bonds. The van der Waals surface area contributed by atoms with Gasteiger partial charge in [0.05, 0.1) is 0 Å². The quantitative estimate of drug-likeness (QED) is 0.466. The summed E-state index contributed by atoms with van der Waals surface area (Å²) in [4.78, 5) is 7.25. The van der Waals surface area contributed by atoms with Gasteiger partial charge < -0.3 is 10.5 Å². The Hall–Kier alpha value is -1.04. The van der Waals surface area contributed by atoms with Crippen LogP contribution in [0.25, 0.3) is 5.59 Å². The van der Waals surface area contributed by atoms with Gasteiger partial charge in [-0.1, -0.05) is 0 Å². The summed E-state index contributed by atoms with van der Waals surface area (Å²) in [7, 11) is 0. The molecule has 1 aromatic rings. The van der Waals surface area contributed by atoms with Crippen molar-refractivity contribution in [1.82, 2.24) is 0 Å². The van der Waals surface area contributed by atoms with E-state index in [2.05, 4.69) is 13.3 Å². The van der Waals surface area contributed by atoms with Crippen LogP contribution in [0.2, 0.25) is 0 Å². The van der Waals surface area contributed by atoms with Gasteiger partial charge in [0, 0.05) is 0 Å². The molecule has 0 aromatic heterocycles. The second-order valence-electron chi connectivity index (χ2n) is 0.962. The first-order valence-electron chi connectivity index (χ1n) is 2.26. The SMILES string of the molecule is [C-]#[O+].[C-]#[O+].[Cr+6].[N-]=O.c1cc[cH-]c1. The summed E-state index contributed by atoms with van der Waals surface area (Å²) in [6, 6.07) is 10.0. The second kappa shape index (κ2) is 51.0. The fourth-order valence-electron chi connectivity index (χ4n) is 0.321. The number of hydrogen-bond donors (Lipinski definition) is 0. The van der Waals surface area contributed by atoms with E-state index in [1.807, 2.05) is 30.3 Å². The molecule has 0 aliphatic carbocycles. The van der Waals surface area contributed by atoms with Crippen LogP contribution >= 0.6 is 0 Å². The second-order valence-corrected chi connectivity index (χ2v) is 0.962. The molecule has 1 rings (SSSR count). The van der Waals surface area contributed by atoms with Gasteiger partial charge in [0.1, 0.15) is 0 Å². The maximum Gasteiger partial charge on any atom is 6.00 e. The molecule has 0 N–H and O–H groups in total. The third-order valence-electron chi connectivity index (χ3n) is 0.556. The fraction of sp³-hybridized carbons (Fsp3) is 0. The molecule has 0 aliphatic rings. The van der Waals surface area contributed by atoms with Gasteiger partial charge in [-0.3, -0.25) is 0 Å². The van der Waals surface area contributed by atoms with Crippen LogP contribution in [0.4, 0.5) is 0 Å². The van der Waals surface area contributed by atoms with E-state index in [4.69, 9.17) is 19.8 Å². The van der Waals surface area contributed by atoms with E-state index in [0.717, 1.165) is 0 Å². The zero-order chi connectivity index (χ0) is 9.54. The molecule has 0 fully saturated rings. The molecule has 0 saturated heterocycles. The average molecular weight is 203 g/mol. The van der Waals surface area contributed by atoms with Gasteiger partial charge in [0.2, 0.25) is 0 Å². The summed E-state index contributed by atoms with van der Waals surface area (Å²) in [5.74, 6) is 0. The first kappa shape index (κ1) is 22.4. The average Bonchev–Trinajstić information content (AvgIpc) is 2.71. The maximum atomic E-state index is 7.50. The predicted molar refractivity (Wildman–Crippen MR) is 36.6 cm³/mol. The Morgan fingerprint density at radius 3 is 1.33 bits per heavy atom. The molecule has 0 spiro atoms. The van der Waals surface area contributed by atoms with Crippen LogP contribution in [-0.4, -0.2) is 0 Å². The van der Waals surface area contributed by atoms with E-state index < -0.39 is 0 Å². The van der Waals surface area contributed by atoms with Gasteiger partial charge in [-0.15, -0.1) is 0 Å². The molecule has 0 radical (unpaired) electrons. The zero-order valence-corrected chi connectivity index (χ0v) is 7.24. The Kier molecular flexibility index (Phi) is 95.3. The maximum absolute atomic E-state index is 7.50. The number of hydrogen-bond acceptors (Lipinski definition) is 1. The van der Waals surface area contributed by atoms with Crippen LogP contribution in [0.3, 0.4) is 0 Å². The Morgan fingerprint density at radius 1 is 1.00 bits per heavy atom. The molecule has 58 valence electrons. The first-order chi connectivity index (χ1) is 5.50. The minimum absolute atomic E-state index is 0. The molecule has 0 unspecified atom stereocenters. The van der Waals surface area contributed by atoms with E-state index in [9.17, 15) is 0 Å². The minimum atomic E-state index is 0. The summed E-state index contributed by atoms with van der Waals surface area (Å²) >= 11 is 0. The molecule has 0 heterocycles. The normalized spacial score (nSPS) is 4.00. The largest absolute Gasteiger partial charge is 6.00 e. The predicted octanol–water partition coefficient (Wildman–Crippen LogP) is 1.65. The van der Waals surface area contributed by atoms with Crippen molar-refractivity contribution in [3.8, 4) is 0 Å². The Bertz CT molecular complexity index is 136. The van der Waals surface area contributed by atoms with E-state index >= 15 is 0 Å². The topological polar surface area (TPSA) is 79.2 Å². The van der Waals surface area contributed by atoms with Gasteiger partial charge in [0.15, 0.2) is 0 Å². The van der Waals surface area contributed by atoms with Crippen LogP contribution in [0.1, 0.15) is 0 Å². The molecular formula is C7H5CrNO3+4. The Balaban J connectivity index is -0.0000000406. The Morgan fingerprint density at radius 2 is 1.25 bits per heavy atom. The smallest absolute Gasteiger partial charge is 0.577 e. The fourth-order valence-corrected chi connectivity index (χ4v) is 0.321. The van der Waals surface area contributed by atoms with Crippen LogP contribution in [0, 0.1) is 18.2 Å². The molecule has 12 heavy (non-hydrogen) atoms. The number of nitroso groups, excluding NO2 is 1. The van der Waals surface area contributed by atoms with E-state index in [1.54, 1.807) is 0 Å². The van der Waals surface area contributed by atoms with E-state index in [1.165, 1.54) is 0 Å². The number of rotatable bonds is 0. The summed E-state index contributed by atoms with van der Waals surface area (Å²) < 4.78 is 15.0. The molecule has 0 atom stereocenters. The van der Waals surface area contributed by atoms with E-state index in [0.29, 0.717) is 0 Å². The van der Waals surface area contributed by atoms with Gasteiger partial charge in [-0.05, 0) is 0 Å². The molecule has 1 aromatic carbocycles. The van der Waals surface area contributed by atoms with Crippen molar-refractivity contribution in [3.63, 3.8) is 0 Å². The molecule has 0 aliphatic heterocycles. The Labute approximate surface area is 81.3 Å². The summed E-state index contributed by atoms with van der Waals surface area (Å²) in [5, 5.41) is 0. The number of nitrogens with zero attached hydrogens (tertiary/aromatic N) is 1. The molecular weight excluding hydrogens is 198 g/mol. The van der Waals surface area contributed by atoms with Gasteiger partial charge >= 0.3 is 40.0 Å². The van der Waals surface area contributed by atoms with Crippen LogP contribution < -0.4 is 0 Å². The zero-order valence-electron chi connectivity index (χ0n) is 5.97. The van der Waals surface area contributed by atoms with Crippen LogP contribution in [0.5, 0.6) is 0 Å². The van der Waals surface area contributed by atoms with Crippen molar-refractivity contribution in [2.24, 2.45) is 0 Å². The van der Waals surface area contributed by atoms with Gasteiger partial charge in [-0.25, -0.2) is 12.1 Å². The standard InChI is InChI=1S/C5H5.2CO.Cr.NO/c1-2-4-5-3-1;2*1-2;;1-2/h1-5H;;;;/q-1;;;+6;-1.